The van der Waals surface area contributed by atoms with Crippen LogP contribution in [0.3, 0.4) is 0 Å². The molecule has 19 nitrogen and oxygen atoms in total. The summed E-state index contributed by atoms with van der Waals surface area (Å²) in [5, 5.41) is 11.3. The Balaban J connectivity index is 0.000000271. The number of amides is 4. The van der Waals surface area contributed by atoms with Crippen LogP contribution < -0.4 is 21.3 Å². The average Bonchev–Trinajstić information content (AvgIpc) is 3.37. The van der Waals surface area contributed by atoms with E-state index < -0.39 is 5.43 Å². The standard InChI is InChI=1S/C19H22N4O.C16H20N4O3.C12H16N4O.C4H5ClO2.CH2Cl2/c1-14-8-9-23(12-16-6-4-3-5-7-16)13-17(14)18-10-21-19(11-20-18)22-15(2)24;1-4-7-23-16(22)20-6-5-11(2)13(10-20)14-8-18-15(9-17-14)19-12(3)21;1-8-3-4-13-5-10(8)11-6-15-12(7-14-11)16-9(2)17;1-2-3-7-4(5)6;2-1-3/h3-7,10-11H,8-9,12-13H2,1-2H3,(H,21,22,24);4,8-9H,1,5-7,10H2,2-3H3,(H,18,19,21);6-7,13H,3-5H2,1-2H3,(H,15,16,17);2H,1,3H2;1H2. The molecule has 0 aliphatic carbocycles. The molecule has 0 saturated heterocycles. The van der Waals surface area contributed by atoms with E-state index in [1.807, 2.05) is 13.0 Å². The van der Waals surface area contributed by atoms with E-state index in [1.165, 1.54) is 72.5 Å². The Morgan fingerprint density at radius 2 is 1.08 bits per heavy atom. The third kappa shape index (κ3) is 22.9. The molecule has 0 atom stereocenters. The summed E-state index contributed by atoms with van der Waals surface area (Å²) in [6, 6.07) is 10.5. The largest absolute Gasteiger partial charge is 0.449 e. The predicted molar refractivity (Wildman–Crippen MR) is 292 cm³/mol. The van der Waals surface area contributed by atoms with Gasteiger partial charge in [-0.05, 0) is 68.9 Å². The lowest BCUT2D eigenvalue weighted by atomic mass is 9.98. The first-order valence-electron chi connectivity index (χ1n) is 23.4. The van der Waals surface area contributed by atoms with Crippen molar-refractivity contribution in [2.45, 2.75) is 67.3 Å². The summed E-state index contributed by atoms with van der Waals surface area (Å²) in [7, 11) is 0. The van der Waals surface area contributed by atoms with Crippen LogP contribution >= 0.6 is 34.8 Å². The number of hydrogen-bond donors (Lipinski definition) is 4. The molecule has 74 heavy (non-hydrogen) atoms. The zero-order valence-electron chi connectivity index (χ0n) is 42.7. The molecule has 0 radical (unpaired) electrons. The minimum absolute atomic E-state index is 0.137. The van der Waals surface area contributed by atoms with Gasteiger partial charge in [0.25, 0.3) is 0 Å². The second kappa shape index (κ2) is 33.8. The highest BCUT2D eigenvalue weighted by Crippen LogP contribution is 2.28. The molecule has 0 unspecified atom stereocenters. The van der Waals surface area contributed by atoms with Gasteiger partial charge in [-0.25, -0.2) is 24.5 Å². The highest BCUT2D eigenvalue weighted by molar-refractivity contribution is 6.61. The Bertz CT molecular complexity index is 2580. The van der Waals surface area contributed by atoms with Crippen LogP contribution in [0.2, 0.25) is 0 Å². The molecule has 4 amide bonds. The first kappa shape index (κ1) is 61.4. The number of benzene rings is 1. The van der Waals surface area contributed by atoms with Crippen molar-refractivity contribution in [1.82, 2.24) is 45.0 Å². The van der Waals surface area contributed by atoms with Crippen LogP contribution in [0, 0.1) is 0 Å². The maximum absolute atomic E-state index is 12.0. The SMILES string of the molecule is C=CCOC(=O)Cl.C=CCOC(=O)N1CCC(C)=C(c2cnc(NC(C)=O)cn2)C1.CC(=O)Nc1cnc(C2=C(C)CCN(Cc3ccccc3)C2)cn1.CC(=O)Nc1cnc(C2=C(C)CCNC2)cn1.ClCCl. The first-order valence-corrected chi connectivity index (χ1v) is 24.8. The average molecular weight is 1080 g/mol. The van der Waals surface area contributed by atoms with E-state index in [0.717, 1.165) is 68.9 Å². The minimum atomic E-state index is -0.792. The molecule has 3 aromatic heterocycles. The number of carbonyl (C=O) groups is 5. The van der Waals surface area contributed by atoms with Crippen molar-refractivity contribution in [3.63, 3.8) is 0 Å². The number of alkyl halides is 2. The van der Waals surface area contributed by atoms with Crippen LogP contribution in [0.1, 0.15) is 83.5 Å². The molecule has 1 aromatic carbocycles. The van der Waals surface area contributed by atoms with Crippen LogP contribution in [-0.2, 0) is 30.4 Å². The van der Waals surface area contributed by atoms with E-state index >= 15 is 0 Å². The Morgan fingerprint density at radius 3 is 1.50 bits per heavy atom. The molecule has 22 heteroatoms. The van der Waals surface area contributed by atoms with E-state index in [0.29, 0.717) is 36.2 Å². The maximum atomic E-state index is 12.0. The Kier molecular flexibility index (Phi) is 28.0. The molecular formula is C52H65Cl3N12O7. The monoisotopic (exact) mass is 1070 g/mol. The molecule has 4 aromatic rings. The molecule has 3 aliphatic heterocycles. The maximum Gasteiger partial charge on any atom is 0.410 e. The van der Waals surface area contributed by atoms with Crippen molar-refractivity contribution in [2.24, 2.45) is 0 Å². The summed E-state index contributed by atoms with van der Waals surface area (Å²) in [5.74, 6) is 0.902. The van der Waals surface area contributed by atoms with Crippen molar-refractivity contribution in [3.8, 4) is 0 Å². The van der Waals surface area contributed by atoms with E-state index in [2.05, 4.69) is 112 Å². The van der Waals surface area contributed by atoms with Gasteiger partial charge in [0.15, 0.2) is 17.5 Å². The smallest absolute Gasteiger partial charge is 0.410 e. The highest BCUT2D eigenvalue weighted by Gasteiger charge is 2.24. The zero-order chi connectivity index (χ0) is 54.4. The topological polar surface area (TPSA) is 236 Å². The molecule has 0 fully saturated rings. The number of nitrogens with zero attached hydrogens (tertiary/aromatic N) is 8. The fourth-order valence-electron chi connectivity index (χ4n) is 7.14. The second-order valence-electron chi connectivity index (χ2n) is 16.5. The van der Waals surface area contributed by atoms with Crippen molar-refractivity contribution < 1.29 is 33.4 Å². The minimum Gasteiger partial charge on any atom is -0.449 e. The van der Waals surface area contributed by atoms with E-state index in [1.54, 1.807) is 35.9 Å². The Hall–Kier alpha value is -6.90. The number of nitrogens with one attached hydrogen (secondary N) is 4. The van der Waals surface area contributed by atoms with Crippen molar-refractivity contribution in [2.75, 3.05) is 73.8 Å². The molecular weight excluding hydrogens is 1010 g/mol. The number of carbonyl (C=O) groups excluding carboxylic acids is 5. The number of ether oxygens (including phenoxy) is 2. The number of hydrogen-bond acceptors (Lipinski definition) is 15. The van der Waals surface area contributed by atoms with Gasteiger partial charge in [-0.1, -0.05) is 72.4 Å². The van der Waals surface area contributed by atoms with Crippen LogP contribution in [0.4, 0.5) is 27.0 Å². The highest BCUT2D eigenvalue weighted by atomic mass is 35.5. The molecule has 7 rings (SSSR count). The number of halogens is 3. The van der Waals surface area contributed by atoms with Crippen LogP contribution in [0.15, 0.2) is 110 Å². The van der Waals surface area contributed by atoms with Gasteiger partial charge in [0.2, 0.25) is 17.7 Å². The summed E-state index contributed by atoms with van der Waals surface area (Å²) in [5.41, 5.74) is 10.3. The van der Waals surface area contributed by atoms with Crippen LogP contribution in [-0.4, -0.2) is 127 Å². The quantitative estimate of drug-likeness (QED) is 0.0587. The zero-order valence-corrected chi connectivity index (χ0v) is 44.9. The summed E-state index contributed by atoms with van der Waals surface area (Å²) in [4.78, 5) is 84.4. The molecule has 396 valence electrons. The molecule has 0 bridgehead atoms. The lowest BCUT2D eigenvalue weighted by Crippen LogP contribution is -2.37. The summed E-state index contributed by atoms with van der Waals surface area (Å²) >= 11 is 14.3. The van der Waals surface area contributed by atoms with Crippen molar-refractivity contribution in [1.29, 1.82) is 0 Å². The second-order valence-corrected chi connectivity index (χ2v) is 17.6. The van der Waals surface area contributed by atoms with E-state index in [-0.39, 0.29) is 42.4 Å². The molecule has 6 heterocycles. The van der Waals surface area contributed by atoms with Gasteiger partial charge in [-0.15, -0.1) is 23.2 Å². The van der Waals surface area contributed by atoms with Crippen molar-refractivity contribution in [3.05, 3.63) is 132 Å². The third-order valence-corrected chi connectivity index (χ3v) is 10.9. The van der Waals surface area contributed by atoms with Gasteiger partial charge < -0.3 is 35.6 Å². The van der Waals surface area contributed by atoms with Gasteiger partial charge in [-0.3, -0.25) is 34.2 Å². The fourth-order valence-corrected chi connectivity index (χ4v) is 7.20. The third-order valence-electron chi connectivity index (χ3n) is 10.8. The molecule has 0 spiro atoms. The van der Waals surface area contributed by atoms with Gasteiger partial charge in [0.1, 0.15) is 13.2 Å². The number of anilines is 3. The number of rotatable bonds is 12. The molecule has 3 aliphatic rings. The van der Waals surface area contributed by atoms with Gasteiger partial charge >= 0.3 is 11.5 Å². The van der Waals surface area contributed by atoms with Crippen LogP contribution in [0.25, 0.3) is 16.7 Å². The normalized spacial score (nSPS) is 14.1. The van der Waals surface area contributed by atoms with Gasteiger partial charge in [0.05, 0.1) is 66.1 Å². The van der Waals surface area contributed by atoms with Crippen LogP contribution in [0.5, 0.6) is 0 Å². The predicted octanol–water partition coefficient (Wildman–Crippen LogP) is 9.52. The molecule has 4 N–H and O–H groups in total. The van der Waals surface area contributed by atoms with E-state index in [9.17, 15) is 24.0 Å². The first-order chi connectivity index (χ1) is 35.5. The summed E-state index contributed by atoms with van der Waals surface area (Å²) < 4.78 is 9.28. The summed E-state index contributed by atoms with van der Waals surface area (Å²) in [6.07, 6.45) is 15.2. The van der Waals surface area contributed by atoms with Crippen molar-refractivity contribution >= 4 is 98.2 Å². The number of aromatic nitrogens is 6. The Morgan fingerprint density at radius 1 is 0.635 bits per heavy atom. The fraction of sp³-hybridized carbons (Fsp3) is 0.365. The lowest BCUT2D eigenvalue weighted by molar-refractivity contribution is -0.115. The lowest BCUT2D eigenvalue weighted by Gasteiger charge is -2.29. The summed E-state index contributed by atoms with van der Waals surface area (Å²) in [6.45, 7) is 23.6. The van der Waals surface area contributed by atoms with E-state index in [4.69, 9.17) is 39.5 Å². The van der Waals surface area contributed by atoms with Gasteiger partial charge in [0, 0.05) is 65.1 Å². The van der Waals surface area contributed by atoms with Gasteiger partial charge in [-0.2, -0.15) is 0 Å². The molecule has 0 saturated carbocycles. The Labute approximate surface area is 448 Å².